The molecule has 46 heavy (non-hydrogen) atoms. The number of carbonyl (C=O) groups is 2. The molecule has 0 heterocycles. The molecule has 8 heteroatoms. The number of rotatable bonds is 20. The van der Waals surface area contributed by atoms with Crippen LogP contribution in [0, 0.1) is 0 Å². The van der Waals surface area contributed by atoms with E-state index >= 15 is 0 Å². The third kappa shape index (κ3) is 12.1. The number of hydrogen-bond donors (Lipinski definition) is 0. The average Bonchev–Trinajstić information content (AvgIpc) is 3.00. The number of benzene rings is 2. The van der Waals surface area contributed by atoms with Gasteiger partial charge in [-0.05, 0) is 94.3 Å². The molecule has 0 saturated carbocycles. The highest BCUT2D eigenvalue weighted by Gasteiger charge is 2.27. The fourth-order valence-electron chi connectivity index (χ4n) is 5.23. The van der Waals surface area contributed by atoms with Crippen molar-refractivity contribution in [2.45, 2.75) is 144 Å². The molecule has 2 aromatic carbocycles. The van der Waals surface area contributed by atoms with Crippen LogP contribution in [-0.4, -0.2) is 25.2 Å². The van der Waals surface area contributed by atoms with E-state index in [1.54, 1.807) is 0 Å². The van der Waals surface area contributed by atoms with E-state index in [0.717, 1.165) is 73.6 Å². The lowest BCUT2D eigenvalue weighted by molar-refractivity contribution is 0.0488. The van der Waals surface area contributed by atoms with Gasteiger partial charge in [0.15, 0.2) is 0 Å². The predicted octanol–water partition coefficient (Wildman–Crippen LogP) is 12.6. The van der Waals surface area contributed by atoms with E-state index in [1.807, 2.05) is 24.3 Å². The standard InChI is InChI=1S/C38H58ClO6P/c1-11-13-15-17-19-42-37(40)29-21-31(25(3)4)35(32(22-29)26(5)6)44-46(39)45-36-33(27(7)8)23-30(24-34(36)28(9)10)38(41)43-20-18-16-14-12-2/h21-28H,11-20H2,1-10H3. The molecular weight excluding hydrogens is 619 g/mol. The number of halogens is 1. The van der Waals surface area contributed by atoms with Crippen LogP contribution in [0.2, 0.25) is 0 Å². The molecule has 258 valence electrons. The Hall–Kier alpha value is -2.30. The summed E-state index contributed by atoms with van der Waals surface area (Å²) in [5, 5.41) is 0. The lowest BCUT2D eigenvalue weighted by Gasteiger charge is -2.25. The maximum Gasteiger partial charge on any atom is 0.401 e. The average molecular weight is 677 g/mol. The first-order chi connectivity index (χ1) is 21.8. The molecule has 2 aromatic rings. The van der Waals surface area contributed by atoms with Crippen LogP contribution in [0.4, 0.5) is 0 Å². The van der Waals surface area contributed by atoms with Crippen LogP contribution in [0.3, 0.4) is 0 Å². The molecule has 0 bridgehead atoms. The Labute approximate surface area is 285 Å². The zero-order valence-electron chi connectivity index (χ0n) is 30.0. The van der Waals surface area contributed by atoms with Crippen molar-refractivity contribution >= 4 is 30.9 Å². The van der Waals surface area contributed by atoms with E-state index in [-0.39, 0.29) is 35.6 Å². The first kappa shape index (κ1) is 39.9. The minimum Gasteiger partial charge on any atom is -0.462 e. The van der Waals surface area contributed by atoms with Gasteiger partial charge in [0.2, 0.25) is 0 Å². The van der Waals surface area contributed by atoms with Crippen molar-refractivity contribution in [3.8, 4) is 11.5 Å². The van der Waals surface area contributed by atoms with Crippen molar-refractivity contribution in [2.24, 2.45) is 0 Å². The Kier molecular flexibility index (Phi) is 17.5. The number of unbranched alkanes of at least 4 members (excludes halogenated alkanes) is 6. The molecule has 0 aliphatic carbocycles. The minimum atomic E-state index is -1.94. The molecule has 2 rings (SSSR count). The van der Waals surface area contributed by atoms with Crippen LogP contribution in [-0.2, 0) is 9.47 Å². The topological polar surface area (TPSA) is 71.1 Å². The van der Waals surface area contributed by atoms with Crippen LogP contribution < -0.4 is 9.05 Å². The summed E-state index contributed by atoms with van der Waals surface area (Å²) < 4.78 is 24.2. The highest BCUT2D eigenvalue weighted by Crippen LogP contribution is 2.52. The molecule has 0 saturated heterocycles. The van der Waals surface area contributed by atoms with Gasteiger partial charge >= 0.3 is 19.7 Å². The van der Waals surface area contributed by atoms with E-state index in [1.165, 1.54) is 0 Å². The van der Waals surface area contributed by atoms with E-state index in [0.29, 0.717) is 35.8 Å². The summed E-state index contributed by atoms with van der Waals surface area (Å²) in [6.45, 7) is 21.7. The number of hydrogen-bond acceptors (Lipinski definition) is 6. The number of esters is 2. The summed E-state index contributed by atoms with van der Waals surface area (Å²) in [5.74, 6) is 0.906. The highest BCUT2D eigenvalue weighted by molar-refractivity contribution is 7.76. The molecule has 0 aliphatic rings. The normalized spacial score (nSPS) is 11.7. The largest absolute Gasteiger partial charge is 0.462 e. The monoisotopic (exact) mass is 676 g/mol. The van der Waals surface area contributed by atoms with Crippen molar-refractivity contribution in [3.05, 3.63) is 57.6 Å². The van der Waals surface area contributed by atoms with Gasteiger partial charge in [-0.2, -0.15) is 0 Å². The van der Waals surface area contributed by atoms with Crippen LogP contribution in [0.1, 0.15) is 187 Å². The Morgan fingerprint density at radius 1 is 0.565 bits per heavy atom. The first-order valence-corrected chi connectivity index (χ1v) is 19.4. The van der Waals surface area contributed by atoms with Crippen LogP contribution in [0.5, 0.6) is 11.5 Å². The van der Waals surface area contributed by atoms with Crippen molar-refractivity contribution in [2.75, 3.05) is 13.2 Å². The molecule has 0 fully saturated rings. The molecule has 0 aromatic heterocycles. The smallest absolute Gasteiger partial charge is 0.401 e. The summed E-state index contributed by atoms with van der Waals surface area (Å²) in [5.41, 5.74) is 4.56. The summed E-state index contributed by atoms with van der Waals surface area (Å²) in [4.78, 5) is 26.1. The van der Waals surface area contributed by atoms with Crippen LogP contribution in [0.25, 0.3) is 0 Å². The molecule has 0 aliphatic heterocycles. The Morgan fingerprint density at radius 3 is 1.13 bits per heavy atom. The van der Waals surface area contributed by atoms with Gasteiger partial charge in [-0.25, -0.2) is 9.59 Å². The van der Waals surface area contributed by atoms with Gasteiger partial charge in [0.1, 0.15) is 11.5 Å². The molecular formula is C38H58ClO6P. The van der Waals surface area contributed by atoms with Gasteiger partial charge < -0.3 is 18.5 Å². The Morgan fingerprint density at radius 2 is 0.870 bits per heavy atom. The Bertz CT molecular complexity index is 1100. The van der Waals surface area contributed by atoms with Crippen LogP contribution >= 0.6 is 19.0 Å². The van der Waals surface area contributed by atoms with Gasteiger partial charge in [-0.15, -0.1) is 0 Å². The fourth-order valence-corrected chi connectivity index (χ4v) is 6.39. The quantitative estimate of drug-likeness (QED) is 0.0789. The van der Waals surface area contributed by atoms with E-state index < -0.39 is 7.73 Å². The van der Waals surface area contributed by atoms with Gasteiger partial charge in [0.25, 0.3) is 0 Å². The summed E-state index contributed by atoms with van der Waals surface area (Å²) in [6, 6.07) is 7.45. The van der Waals surface area contributed by atoms with Crippen molar-refractivity contribution in [1.82, 2.24) is 0 Å². The van der Waals surface area contributed by atoms with E-state index in [9.17, 15) is 9.59 Å². The molecule has 0 amide bonds. The van der Waals surface area contributed by atoms with Gasteiger partial charge in [-0.3, -0.25) is 0 Å². The zero-order chi connectivity index (χ0) is 34.4. The van der Waals surface area contributed by atoms with Crippen molar-refractivity contribution in [3.63, 3.8) is 0 Å². The van der Waals surface area contributed by atoms with Crippen molar-refractivity contribution < 1.29 is 28.1 Å². The molecule has 0 unspecified atom stereocenters. The molecule has 0 spiro atoms. The Balaban J connectivity index is 2.39. The second-order valence-electron chi connectivity index (χ2n) is 13.4. The lowest BCUT2D eigenvalue weighted by Crippen LogP contribution is -2.11. The number of ether oxygens (including phenoxy) is 2. The van der Waals surface area contributed by atoms with Crippen LogP contribution in [0.15, 0.2) is 24.3 Å². The maximum absolute atomic E-state index is 13.0. The highest BCUT2D eigenvalue weighted by atomic mass is 35.7. The maximum atomic E-state index is 13.0. The SMILES string of the molecule is CCCCCCOC(=O)c1cc(C(C)C)c(OP(Cl)Oc2c(C(C)C)cc(C(=O)OCCCCCC)cc2C(C)C)c(C(C)C)c1. The number of carbonyl (C=O) groups excluding carboxylic acids is 2. The van der Waals surface area contributed by atoms with Crippen molar-refractivity contribution in [1.29, 1.82) is 0 Å². The summed E-state index contributed by atoms with van der Waals surface area (Å²) >= 11 is 6.92. The second-order valence-corrected chi connectivity index (χ2v) is 15.0. The first-order valence-electron chi connectivity index (χ1n) is 17.3. The summed E-state index contributed by atoms with van der Waals surface area (Å²) in [7, 11) is -1.94. The van der Waals surface area contributed by atoms with Gasteiger partial charge in [0, 0.05) is 0 Å². The van der Waals surface area contributed by atoms with Gasteiger partial charge in [0.05, 0.1) is 24.3 Å². The molecule has 6 nitrogen and oxygen atoms in total. The van der Waals surface area contributed by atoms with E-state index in [2.05, 4.69) is 69.2 Å². The third-order valence-electron chi connectivity index (χ3n) is 8.04. The minimum absolute atomic E-state index is 0.0644. The molecule has 0 N–H and O–H groups in total. The predicted molar refractivity (Wildman–Crippen MR) is 192 cm³/mol. The van der Waals surface area contributed by atoms with Gasteiger partial charge in [-0.1, -0.05) is 108 Å². The third-order valence-corrected chi connectivity index (χ3v) is 9.11. The fraction of sp³-hybridized carbons (Fsp3) is 0.632. The molecule has 0 atom stereocenters. The summed E-state index contributed by atoms with van der Waals surface area (Å²) in [6.07, 6.45) is 8.36. The zero-order valence-corrected chi connectivity index (χ0v) is 31.6. The second kappa shape index (κ2) is 20.2. The molecule has 0 radical (unpaired) electrons. The van der Waals surface area contributed by atoms with E-state index in [4.69, 9.17) is 29.8 Å². The lowest BCUT2D eigenvalue weighted by atomic mass is 9.91.